The van der Waals surface area contributed by atoms with Gasteiger partial charge in [-0.05, 0) is 44.9 Å². The summed E-state index contributed by atoms with van der Waals surface area (Å²) in [6, 6.07) is 5.25. The number of aromatic nitrogens is 6. The molecule has 0 radical (unpaired) electrons. The van der Waals surface area contributed by atoms with Crippen LogP contribution in [0.4, 0.5) is 0 Å². The molecule has 1 fully saturated rings. The summed E-state index contributed by atoms with van der Waals surface area (Å²) in [6.07, 6.45) is 2.90. The number of sulfonamides is 1. The van der Waals surface area contributed by atoms with Crippen molar-refractivity contribution < 1.29 is 13.2 Å². The molecule has 0 saturated carbocycles. The molecule has 0 spiro atoms. The number of piperazine rings is 1. The molecule has 204 valence electrons. The Labute approximate surface area is 221 Å². The number of H-pyrrole nitrogens is 1. The van der Waals surface area contributed by atoms with Gasteiger partial charge in [0.05, 0.1) is 17.1 Å². The Balaban J connectivity index is 1.62. The summed E-state index contributed by atoms with van der Waals surface area (Å²) < 4.78 is 37.8. The van der Waals surface area contributed by atoms with Crippen LogP contribution < -0.4 is 10.4 Å². The molecule has 4 heterocycles. The summed E-state index contributed by atoms with van der Waals surface area (Å²) in [4.78, 5) is 23.5. The fourth-order valence-corrected chi connectivity index (χ4v) is 6.28. The third-order valence-electron chi connectivity index (χ3n) is 6.91. The topological polar surface area (TPSA) is 131 Å². The standard InChI is InChI=1S/C25H34N8O4S/c1-5-9-32-23-21(24-29-26-16-33(24)25(32)34)27-22(28-23)19-15-18(7-8-20(19)37-14-6-2)38(35,36)31-12-10-30(11-13-31)17(3)4/h7-8,15-17H,5-6,9-14H2,1-4H3,(H,27,28). The maximum atomic E-state index is 13.6. The molecule has 5 rings (SSSR count). The smallest absolute Gasteiger partial charge is 0.336 e. The molecule has 0 aliphatic carbocycles. The molecule has 1 aliphatic heterocycles. The van der Waals surface area contributed by atoms with Crippen molar-refractivity contribution in [3.05, 3.63) is 35.0 Å². The van der Waals surface area contributed by atoms with Gasteiger partial charge in [-0.1, -0.05) is 13.8 Å². The monoisotopic (exact) mass is 542 g/mol. The summed E-state index contributed by atoms with van der Waals surface area (Å²) in [7, 11) is -3.73. The highest BCUT2D eigenvalue weighted by atomic mass is 32.2. The van der Waals surface area contributed by atoms with E-state index in [-0.39, 0.29) is 10.6 Å². The molecule has 13 heteroatoms. The van der Waals surface area contributed by atoms with Crippen molar-refractivity contribution >= 4 is 26.8 Å². The summed E-state index contributed by atoms with van der Waals surface area (Å²) in [6.45, 7) is 11.4. The number of aromatic amines is 1. The minimum atomic E-state index is -3.73. The first kappa shape index (κ1) is 26.3. The van der Waals surface area contributed by atoms with Crippen LogP contribution in [0.1, 0.15) is 40.5 Å². The summed E-state index contributed by atoms with van der Waals surface area (Å²) >= 11 is 0. The van der Waals surface area contributed by atoms with Gasteiger partial charge in [-0.2, -0.15) is 4.31 Å². The lowest BCUT2D eigenvalue weighted by Crippen LogP contribution is -2.50. The van der Waals surface area contributed by atoms with E-state index in [9.17, 15) is 13.2 Å². The zero-order chi connectivity index (χ0) is 27.0. The van der Waals surface area contributed by atoms with E-state index in [1.165, 1.54) is 15.0 Å². The molecule has 0 unspecified atom stereocenters. The molecular weight excluding hydrogens is 508 g/mol. The van der Waals surface area contributed by atoms with Crippen LogP contribution in [0.5, 0.6) is 5.75 Å². The van der Waals surface area contributed by atoms with Gasteiger partial charge >= 0.3 is 5.69 Å². The highest BCUT2D eigenvalue weighted by Gasteiger charge is 2.30. The number of fused-ring (bicyclic) bond motifs is 3. The van der Waals surface area contributed by atoms with Gasteiger partial charge < -0.3 is 9.72 Å². The summed E-state index contributed by atoms with van der Waals surface area (Å²) in [5, 5.41) is 8.02. The van der Waals surface area contributed by atoms with Gasteiger partial charge in [0.15, 0.2) is 11.3 Å². The number of hydrogen-bond donors (Lipinski definition) is 1. The van der Waals surface area contributed by atoms with Crippen molar-refractivity contribution in [1.29, 1.82) is 0 Å². The maximum Gasteiger partial charge on any atom is 0.336 e. The lowest BCUT2D eigenvalue weighted by Gasteiger charge is -2.36. The molecule has 1 aromatic carbocycles. The second-order valence-corrected chi connectivity index (χ2v) is 11.7. The van der Waals surface area contributed by atoms with E-state index in [0.29, 0.717) is 79.3 Å². The molecule has 0 bridgehead atoms. The van der Waals surface area contributed by atoms with Crippen molar-refractivity contribution in [3.63, 3.8) is 0 Å². The molecule has 1 aliphatic rings. The Morgan fingerprint density at radius 2 is 1.84 bits per heavy atom. The number of hydrogen-bond acceptors (Lipinski definition) is 8. The van der Waals surface area contributed by atoms with E-state index >= 15 is 0 Å². The summed E-state index contributed by atoms with van der Waals surface area (Å²) in [5.41, 5.74) is 1.57. The van der Waals surface area contributed by atoms with Crippen LogP contribution in [-0.4, -0.2) is 85.6 Å². The average molecular weight is 543 g/mol. The maximum absolute atomic E-state index is 13.6. The van der Waals surface area contributed by atoms with E-state index < -0.39 is 10.0 Å². The number of imidazole rings is 1. The Morgan fingerprint density at radius 3 is 2.53 bits per heavy atom. The quantitative estimate of drug-likeness (QED) is 0.341. The largest absolute Gasteiger partial charge is 0.493 e. The van der Waals surface area contributed by atoms with E-state index in [2.05, 4.69) is 33.9 Å². The number of benzene rings is 1. The van der Waals surface area contributed by atoms with Crippen molar-refractivity contribution in [3.8, 4) is 17.1 Å². The van der Waals surface area contributed by atoms with E-state index in [4.69, 9.17) is 9.72 Å². The number of ether oxygens (including phenoxy) is 1. The van der Waals surface area contributed by atoms with Crippen LogP contribution in [0.25, 0.3) is 28.2 Å². The van der Waals surface area contributed by atoms with Gasteiger partial charge in [-0.15, -0.1) is 10.2 Å². The van der Waals surface area contributed by atoms with Gasteiger partial charge in [0, 0.05) is 38.8 Å². The lowest BCUT2D eigenvalue weighted by atomic mass is 10.2. The second-order valence-electron chi connectivity index (χ2n) is 9.78. The van der Waals surface area contributed by atoms with Crippen molar-refractivity contribution in [2.24, 2.45) is 0 Å². The molecule has 0 atom stereocenters. The Hall–Kier alpha value is -3.29. The van der Waals surface area contributed by atoms with E-state index in [1.54, 1.807) is 22.8 Å². The highest BCUT2D eigenvalue weighted by Crippen LogP contribution is 2.33. The SMILES string of the molecule is CCCOc1ccc(S(=O)(=O)N2CCN(C(C)C)CC2)cc1-c1nc2c([nH]1)c1nncn1c(=O)n2CCC. The first-order valence-electron chi connectivity index (χ1n) is 13.1. The van der Waals surface area contributed by atoms with Crippen LogP contribution in [0.2, 0.25) is 0 Å². The number of nitrogens with zero attached hydrogens (tertiary/aromatic N) is 7. The van der Waals surface area contributed by atoms with Crippen molar-refractivity contribution in [2.75, 3.05) is 32.8 Å². The molecule has 1 saturated heterocycles. The predicted octanol–water partition coefficient (Wildman–Crippen LogP) is 2.35. The average Bonchev–Trinajstić information content (AvgIpc) is 3.58. The Morgan fingerprint density at radius 1 is 1.08 bits per heavy atom. The van der Waals surface area contributed by atoms with Crippen molar-refractivity contribution in [1.82, 2.24) is 38.3 Å². The number of aryl methyl sites for hydroxylation is 1. The molecular formula is C25H34N8O4S. The van der Waals surface area contributed by atoms with Crippen molar-refractivity contribution in [2.45, 2.75) is 58.0 Å². The normalized spacial score (nSPS) is 15.7. The third-order valence-corrected chi connectivity index (χ3v) is 8.80. The van der Waals surface area contributed by atoms with E-state index in [1.807, 2.05) is 13.8 Å². The molecule has 4 aromatic rings. The first-order chi connectivity index (χ1) is 18.3. The van der Waals surface area contributed by atoms with Crippen LogP contribution >= 0.6 is 0 Å². The second kappa shape index (κ2) is 10.5. The van der Waals surface area contributed by atoms with Crippen LogP contribution in [0.15, 0.2) is 34.2 Å². The molecule has 1 N–H and O–H groups in total. The van der Waals surface area contributed by atoms with E-state index in [0.717, 1.165) is 12.8 Å². The number of nitrogens with one attached hydrogen (secondary N) is 1. The Bertz CT molecular complexity index is 1610. The van der Waals surface area contributed by atoms with Gasteiger partial charge in [-0.3, -0.25) is 9.47 Å². The summed E-state index contributed by atoms with van der Waals surface area (Å²) in [5.74, 6) is 0.907. The first-order valence-corrected chi connectivity index (χ1v) is 14.5. The lowest BCUT2D eigenvalue weighted by molar-refractivity contribution is 0.154. The number of rotatable bonds is 9. The minimum absolute atomic E-state index is 0.174. The fourth-order valence-electron chi connectivity index (χ4n) is 4.84. The molecule has 3 aromatic heterocycles. The Kier molecular flexibility index (Phi) is 7.25. The highest BCUT2D eigenvalue weighted by molar-refractivity contribution is 7.89. The minimum Gasteiger partial charge on any atom is -0.493 e. The van der Waals surface area contributed by atoms with Crippen LogP contribution in [0, 0.1) is 0 Å². The van der Waals surface area contributed by atoms with Gasteiger partial charge in [0.2, 0.25) is 10.0 Å². The zero-order valence-corrected chi connectivity index (χ0v) is 23.0. The fraction of sp³-hybridized carbons (Fsp3) is 0.520. The molecule has 38 heavy (non-hydrogen) atoms. The molecule has 0 amide bonds. The van der Waals surface area contributed by atoms with Crippen LogP contribution in [-0.2, 0) is 16.6 Å². The zero-order valence-electron chi connectivity index (χ0n) is 22.2. The predicted molar refractivity (Wildman–Crippen MR) is 144 cm³/mol. The van der Waals surface area contributed by atoms with Gasteiger partial charge in [-0.25, -0.2) is 22.6 Å². The van der Waals surface area contributed by atoms with Gasteiger partial charge in [0.25, 0.3) is 0 Å². The van der Waals surface area contributed by atoms with Crippen LogP contribution in [0.3, 0.4) is 0 Å². The third kappa shape index (κ3) is 4.58. The molecule has 12 nitrogen and oxygen atoms in total. The van der Waals surface area contributed by atoms with Gasteiger partial charge in [0.1, 0.15) is 23.4 Å².